The number of methoxy groups -OCH3 is 1. The number of carbonyl (C=O) groups excluding carboxylic acids is 1. The molecule has 0 aliphatic carbocycles. The van der Waals surface area contributed by atoms with Gasteiger partial charge < -0.3 is 14.8 Å². The number of carbonyl (C=O) groups is 1. The molecule has 0 atom stereocenters. The van der Waals surface area contributed by atoms with Crippen LogP contribution in [0.25, 0.3) is 0 Å². The van der Waals surface area contributed by atoms with E-state index < -0.39 is 15.9 Å². The van der Waals surface area contributed by atoms with Gasteiger partial charge in [-0.2, -0.15) is 0 Å². The number of nitrogens with zero attached hydrogens (tertiary/aromatic N) is 1. The van der Waals surface area contributed by atoms with Gasteiger partial charge in [0.15, 0.2) is 0 Å². The molecular formula is C26H30N2O5S. The third-order valence-corrected chi connectivity index (χ3v) is 7.27. The van der Waals surface area contributed by atoms with E-state index in [0.29, 0.717) is 11.4 Å². The van der Waals surface area contributed by atoms with Crippen LogP contribution in [0.15, 0.2) is 71.6 Å². The van der Waals surface area contributed by atoms with Gasteiger partial charge in [-0.1, -0.05) is 29.8 Å². The standard InChI is InChI=1S/C26H30N2O5S/c1-19-8-14-24(15-9-19)34(30,31)28(25-7-5-6-20(2)21(25)3)18-26(29)27-16-17-33-23-12-10-22(32-4)11-13-23/h5-15H,16-18H2,1-4H3,(H,27,29). The molecule has 0 unspecified atom stereocenters. The molecule has 0 saturated carbocycles. The Morgan fingerprint density at radius 1 is 0.912 bits per heavy atom. The number of aryl methyl sites for hydroxylation is 2. The number of rotatable bonds is 10. The lowest BCUT2D eigenvalue weighted by Crippen LogP contribution is -2.42. The second kappa shape index (κ2) is 11.1. The summed E-state index contributed by atoms with van der Waals surface area (Å²) in [6.07, 6.45) is 0. The minimum Gasteiger partial charge on any atom is -0.497 e. The first-order chi connectivity index (χ1) is 16.2. The summed E-state index contributed by atoms with van der Waals surface area (Å²) in [4.78, 5) is 12.9. The minimum atomic E-state index is -3.96. The van der Waals surface area contributed by atoms with Crippen LogP contribution in [0, 0.1) is 20.8 Å². The van der Waals surface area contributed by atoms with Crippen molar-refractivity contribution in [3.05, 3.63) is 83.4 Å². The van der Waals surface area contributed by atoms with Gasteiger partial charge in [-0.3, -0.25) is 9.10 Å². The third kappa shape index (κ3) is 6.08. The molecule has 0 fully saturated rings. The van der Waals surface area contributed by atoms with Gasteiger partial charge in [-0.15, -0.1) is 0 Å². The van der Waals surface area contributed by atoms with Crippen molar-refractivity contribution in [2.75, 3.05) is 31.1 Å². The lowest BCUT2D eigenvalue weighted by atomic mass is 10.1. The largest absolute Gasteiger partial charge is 0.497 e. The van der Waals surface area contributed by atoms with Gasteiger partial charge in [0.25, 0.3) is 10.0 Å². The summed E-state index contributed by atoms with van der Waals surface area (Å²) in [5.74, 6) is 0.950. The van der Waals surface area contributed by atoms with Crippen molar-refractivity contribution in [2.45, 2.75) is 25.7 Å². The Balaban J connectivity index is 1.72. The van der Waals surface area contributed by atoms with Crippen LogP contribution in [0.4, 0.5) is 5.69 Å². The molecule has 7 nitrogen and oxygen atoms in total. The molecule has 34 heavy (non-hydrogen) atoms. The Bertz CT molecular complexity index is 1220. The second-order valence-electron chi connectivity index (χ2n) is 7.92. The summed E-state index contributed by atoms with van der Waals surface area (Å²) >= 11 is 0. The summed E-state index contributed by atoms with van der Waals surface area (Å²) in [6, 6.07) is 19.1. The first-order valence-electron chi connectivity index (χ1n) is 10.9. The van der Waals surface area contributed by atoms with Crippen LogP contribution in [0.5, 0.6) is 11.5 Å². The molecule has 0 saturated heterocycles. The zero-order valence-electron chi connectivity index (χ0n) is 19.9. The smallest absolute Gasteiger partial charge is 0.264 e. The number of anilines is 1. The van der Waals surface area contributed by atoms with Crippen LogP contribution in [0.3, 0.4) is 0 Å². The monoisotopic (exact) mass is 482 g/mol. The lowest BCUT2D eigenvalue weighted by molar-refractivity contribution is -0.119. The van der Waals surface area contributed by atoms with Crippen molar-refractivity contribution in [2.24, 2.45) is 0 Å². The highest BCUT2D eigenvalue weighted by atomic mass is 32.2. The summed E-state index contributed by atoms with van der Waals surface area (Å²) in [6.45, 7) is 5.78. The molecule has 3 aromatic carbocycles. The summed E-state index contributed by atoms with van der Waals surface area (Å²) in [5.41, 5.74) is 3.17. The van der Waals surface area contributed by atoms with E-state index >= 15 is 0 Å². The van der Waals surface area contributed by atoms with E-state index in [2.05, 4.69) is 5.32 Å². The normalized spacial score (nSPS) is 11.1. The van der Waals surface area contributed by atoms with Crippen molar-refractivity contribution in [3.8, 4) is 11.5 Å². The van der Waals surface area contributed by atoms with Gasteiger partial charge in [-0.05, 0) is 74.4 Å². The van der Waals surface area contributed by atoms with Gasteiger partial charge >= 0.3 is 0 Å². The zero-order chi connectivity index (χ0) is 24.7. The fourth-order valence-electron chi connectivity index (χ4n) is 3.36. The van der Waals surface area contributed by atoms with Crippen LogP contribution in [-0.4, -0.2) is 41.1 Å². The lowest BCUT2D eigenvalue weighted by Gasteiger charge is -2.26. The maximum absolute atomic E-state index is 13.5. The third-order valence-electron chi connectivity index (χ3n) is 5.49. The predicted octanol–water partition coefficient (Wildman–Crippen LogP) is 4.01. The first-order valence-corrected chi connectivity index (χ1v) is 12.4. The van der Waals surface area contributed by atoms with Crippen LogP contribution >= 0.6 is 0 Å². The number of benzene rings is 3. The van der Waals surface area contributed by atoms with E-state index in [1.54, 1.807) is 67.8 Å². The summed E-state index contributed by atoms with van der Waals surface area (Å²) in [5, 5.41) is 2.75. The first kappa shape index (κ1) is 25.1. The van der Waals surface area contributed by atoms with Crippen molar-refractivity contribution in [1.82, 2.24) is 5.32 Å². The van der Waals surface area contributed by atoms with E-state index in [1.807, 2.05) is 26.8 Å². The van der Waals surface area contributed by atoms with E-state index in [9.17, 15) is 13.2 Å². The SMILES string of the molecule is COc1ccc(OCCNC(=O)CN(c2cccc(C)c2C)S(=O)(=O)c2ccc(C)cc2)cc1. The number of sulfonamides is 1. The fourth-order valence-corrected chi connectivity index (χ4v) is 4.84. The maximum atomic E-state index is 13.5. The molecule has 0 radical (unpaired) electrons. The van der Waals surface area contributed by atoms with Crippen LogP contribution in [0.1, 0.15) is 16.7 Å². The topological polar surface area (TPSA) is 84.9 Å². The van der Waals surface area contributed by atoms with Crippen LogP contribution in [-0.2, 0) is 14.8 Å². The molecule has 1 amide bonds. The van der Waals surface area contributed by atoms with E-state index in [4.69, 9.17) is 9.47 Å². The zero-order valence-corrected chi connectivity index (χ0v) is 20.7. The molecule has 1 N–H and O–H groups in total. The summed E-state index contributed by atoms with van der Waals surface area (Å²) < 4.78 is 38.9. The Morgan fingerprint density at radius 2 is 1.56 bits per heavy atom. The molecule has 180 valence electrons. The number of amides is 1. The van der Waals surface area contributed by atoms with Crippen molar-refractivity contribution in [3.63, 3.8) is 0 Å². The Hall–Kier alpha value is -3.52. The number of hydrogen-bond donors (Lipinski definition) is 1. The maximum Gasteiger partial charge on any atom is 0.264 e. The van der Waals surface area contributed by atoms with Gasteiger partial charge in [0.05, 0.1) is 24.2 Å². The molecule has 0 aromatic heterocycles. The van der Waals surface area contributed by atoms with Crippen molar-refractivity contribution in [1.29, 1.82) is 0 Å². The van der Waals surface area contributed by atoms with Crippen LogP contribution < -0.4 is 19.1 Å². The molecule has 8 heteroatoms. The average molecular weight is 483 g/mol. The molecule has 0 spiro atoms. The molecule has 3 aromatic rings. The second-order valence-corrected chi connectivity index (χ2v) is 9.78. The minimum absolute atomic E-state index is 0.134. The van der Waals surface area contributed by atoms with E-state index in [1.165, 1.54) is 4.31 Å². The number of nitrogens with one attached hydrogen (secondary N) is 1. The van der Waals surface area contributed by atoms with Gasteiger partial charge in [0, 0.05) is 0 Å². The average Bonchev–Trinajstić information content (AvgIpc) is 2.83. The molecule has 0 heterocycles. The molecule has 0 aliphatic rings. The van der Waals surface area contributed by atoms with Crippen LogP contribution in [0.2, 0.25) is 0 Å². The highest BCUT2D eigenvalue weighted by molar-refractivity contribution is 7.92. The van der Waals surface area contributed by atoms with E-state index in [0.717, 1.165) is 22.4 Å². The van der Waals surface area contributed by atoms with E-state index in [-0.39, 0.29) is 24.6 Å². The van der Waals surface area contributed by atoms with Gasteiger partial charge in [0.2, 0.25) is 5.91 Å². The highest BCUT2D eigenvalue weighted by Crippen LogP contribution is 2.28. The quantitative estimate of drug-likeness (QED) is 0.442. The Morgan fingerprint density at radius 3 is 2.21 bits per heavy atom. The Kier molecular flexibility index (Phi) is 8.17. The number of ether oxygens (including phenoxy) is 2. The molecule has 0 aliphatic heterocycles. The van der Waals surface area contributed by atoms with Gasteiger partial charge in [-0.25, -0.2) is 8.42 Å². The molecular weight excluding hydrogens is 452 g/mol. The molecule has 0 bridgehead atoms. The summed E-state index contributed by atoms with van der Waals surface area (Å²) in [7, 11) is -2.37. The molecule has 3 rings (SSSR count). The Labute approximate surface area is 201 Å². The number of hydrogen-bond acceptors (Lipinski definition) is 5. The van der Waals surface area contributed by atoms with Crippen molar-refractivity contribution < 1.29 is 22.7 Å². The van der Waals surface area contributed by atoms with Crippen molar-refractivity contribution >= 4 is 21.6 Å². The van der Waals surface area contributed by atoms with Gasteiger partial charge in [0.1, 0.15) is 24.7 Å². The fraction of sp³-hybridized carbons (Fsp3) is 0.269. The highest BCUT2D eigenvalue weighted by Gasteiger charge is 2.28. The predicted molar refractivity (Wildman–Crippen MR) is 133 cm³/mol.